The van der Waals surface area contributed by atoms with Crippen molar-refractivity contribution in [2.24, 2.45) is 5.84 Å². The Hall–Kier alpha value is -1.18. The zero-order chi connectivity index (χ0) is 11.7. The molecule has 4 N–H and O–H groups in total. The molecule has 0 aliphatic rings. The van der Waals surface area contributed by atoms with Gasteiger partial charge in [-0.25, -0.2) is 5.84 Å². The second kappa shape index (κ2) is 8.16. The number of carbonyl (C=O) groups excluding carboxylic acids is 2. The van der Waals surface area contributed by atoms with Crippen molar-refractivity contribution in [3.05, 3.63) is 0 Å². The summed E-state index contributed by atoms with van der Waals surface area (Å²) in [6, 6.07) is 0. The van der Waals surface area contributed by atoms with Gasteiger partial charge in [0.15, 0.2) is 0 Å². The highest BCUT2D eigenvalue weighted by atomic mass is 16.7. The van der Waals surface area contributed by atoms with Crippen LogP contribution in [-0.2, 0) is 14.4 Å². The normalized spacial score (nSPS) is 10.1. The summed E-state index contributed by atoms with van der Waals surface area (Å²) in [5.41, 5.74) is 1.81. The molecule has 1 amide bonds. The maximum atomic E-state index is 11.1. The van der Waals surface area contributed by atoms with Gasteiger partial charge >= 0.3 is 5.97 Å². The van der Waals surface area contributed by atoms with Crippen LogP contribution in [0.15, 0.2) is 0 Å². The summed E-state index contributed by atoms with van der Waals surface area (Å²) in [5, 5.41) is 2.51. The van der Waals surface area contributed by atoms with Gasteiger partial charge in [-0.3, -0.25) is 14.5 Å². The molecule has 0 bridgehead atoms. The molecular weight excluding hydrogens is 200 g/mol. The molecule has 0 aromatic heterocycles. The number of rotatable bonds is 7. The van der Waals surface area contributed by atoms with Crippen LogP contribution in [0.3, 0.4) is 0 Å². The van der Waals surface area contributed by atoms with E-state index in [2.05, 4.69) is 10.2 Å². The van der Waals surface area contributed by atoms with Crippen molar-refractivity contribution in [1.82, 2.24) is 15.8 Å². The lowest BCUT2D eigenvalue weighted by molar-refractivity contribution is -0.151. The van der Waals surface area contributed by atoms with Crippen LogP contribution in [0, 0.1) is 0 Å². The van der Waals surface area contributed by atoms with E-state index in [-0.39, 0.29) is 18.9 Å². The molecule has 0 aromatic carbocycles. The number of carbonyl (C=O) groups is 2. The summed E-state index contributed by atoms with van der Waals surface area (Å²) in [6.07, 6.45) is 0.190. The lowest BCUT2D eigenvalue weighted by Gasteiger charge is -2.18. The molecule has 88 valence electrons. The molecule has 0 saturated heterocycles. The molecule has 15 heavy (non-hydrogen) atoms. The van der Waals surface area contributed by atoms with E-state index in [1.54, 1.807) is 7.05 Å². The van der Waals surface area contributed by atoms with E-state index < -0.39 is 5.97 Å². The summed E-state index contributed by atoms with van der Waals surface area (Å²) in [4.78, 5) is 28.1. The van der Waals surface area contributed by atoms with Crippen molar-refractivity contribution >= 4 is 11.9 Å². The van der Waals surface area contributed by atoms with Crippen LogP contribution < -0.4 is 16.7 Å². The zero-order valence-corrected chi connectivity index (χ0v) is 9.08. The summed E-state index contributed by atoms with van der Waals surface area (Å²) in [5.74, 6) is 4.27. The summed E-state index contributed by atoms with van der Waals surface area (Å²) in [6.45, 7) is 3.34. The van der Waals surface area contributed by atoms with E-state index >= 15 is 0 Å². The number of likely N-dealkylation sites (N-methyl/N-ethyl adjacent to an activating group) is 2. The second-order valence-corrected chi connectivity index (χ2v) is 2.88. The first-order chi connectivity index (χ1) is 7.13. The minimum atomic E-state index is -0.451. The SMILES string of the molecule is CCN(CCC(=O)ONN)CC(=O)NC. The van der Waals surface area contributed by atoms with Gasteiger partial charge in [0.1, 0.15) is 0 Å². The van der Waals surface area contributed by atoms with Crippen LogP contribution in [0.1, 0.15) is 13.3 Å². The van der Waals surface area contributed by atoms with E-state index in [0.29, 0.717) is 13.1 Å². The third kappa shape index (κ3) is 6.83. The van der Waals surface area contributed by atoms with Gasteiger partial charge in [-0.1, -0.05) is 12.5 Å². The summed E-state index contributed by atoms with van der Waals surface area (Å²) < 4.78 is 0. The minimum Gasteiger partial charge on any atom is -0.358 e. The Labute approximate surface area is 88.9 Å². The molecule has 0 spiro atoms. The van der Waals surface area contributed by atoms with Crippen LogP contribution in [0.4, 0.5) is 0 Å². The monoisotopic (exact) mass is 218 g/mol. The van der Waals surface area contributed by atoms with Gasteiger partial charge in [0.05, 0.1) is 13.0 Å². The van der Waals surface area contributed by atoms with Crippen molar-refractivity contribution in [3.63, 3.8) is 0 Å². The van der Waals surface area contributed by atoms with Crippen molar-refractivity contribution < 1.29 is 14.4 Å². The summed E-state index contributed by atoms with van der Waals surface area (Å²) in [7, 11) is 1.57. The van der Waals surface area contributed by atoms with E-state index in [1.807, 2.05) is 17.4 Å². The number of nitrogens with two attached hydrogens (primary N) is 1. The quantitative estimate of drug-likeness (QED) is 0.350. The van der Waals surface area contributed by atoms with E-state index in [1.165, 1.54) is 0 Å². The molecule has 0 aliphatic heterocycles. The van der Waals surface area contributed by atoms with Gasteiger partial charge in [0.25, 0.3) is 0 Å². The third-order valence-electron chi connectivity index (χ3n) is 1.90. The topological polar surface area (TPSA) is 96.7 Å². The predicted octanol–water partition coefficient (Wildman–Crippen LogP) is -1.63. The number of hydrazine groups is 1. The van der Waals surface area contributed by atoms with E-state index in [4.69, 9.17) is 5.84 Å². The summed E-state index contributed by atoms with van der Waals surface area (Å²) >= 11 is 0. The fraction of sp³-hybridized carbons (Fsp3) is 0.750. The molecule has 7 heteroatoms. The van der Waals surface area contributed by atoms with Gasteiger partial charge < -0.3 is 10.2 Å². The minimum absolute atomic E-state index is 0.0813. The highest BCUT2D eigenvalue weighted by Crippen LogP contribution is 1.92. The lowest BCUT2D eigenvalue weighted by Crippen LogP contribution is -2.37. The standard InChI is InChI=1S/C8H18N4O3/c1-3-12(6-7(13)10-2)5-4-8(14)15-11-9/h11H,3-6,9H2,1-2H3,(H,10,13). The van der Waals surface area contributed by atoms with Gasteiger partial charge in [0.2, 0.25) is 5.91 Å². The average molecular weight is 218 g/mol. The lowest BCUT2D eigenvalue weighted by atomic mass is 10.3. The van der Waals surface area contributed by atoms with Crippen LogP contribution in [0.5, 0.6) is 0 Å². The molecule has 0 aromatic rings. The maximum absolute atomic E-state index is 11.1. The first-order valence-corrected chi connectivity index (χ1v) is 4.72. The van der Waals surface area contributed by atoms with E-state index in [9.17, 15) is 9.59 Å². The second-order valence-electron chi connectivity index (χ2n) is 2.88. The number of nitrogens with one attached hydrogen (secondary N) is 2. The Morgan fingerprint density at radius 3 is 2.60 bits per heavy atom. The first kappa shape index (κ1) is 13.8. The Balaban J connectivity index is 3.79. The fourth-order valence-corrected chi connectivity index (χ4v) is 0.997. The van der Waals surface area contributed by atoms with Crippen molar-refractivity contribution in [2.45, 2.75) is 13.3 Å². The predicted molar refractivity (Wildman–Crippen MR) is 54.2 cm³/mol. The average Bonchev–Trinajstić information content (AvgIpc) is 2.24. The molecule has 7 nitrogen and oxygen atoms in total. The molecule has 0 aliphatic carbocycles. The molecule has 0 atom stereocenters. The van der Waals surface area contributed by atoms with Crippen LogP contribution in [0.2, 0.25) is 0 Å². The van der Waals surface area contributed by atoms with Crippen molar-refractivity contribution in [3.8, 4) is 0 Å². The van der Waals surface area contributed by atoms with Gasteiger partial charge in [-0.15, -0.1) is 0 Å². The molecular formula is C8H18N4O3. The van der Waals surface area contributed by atoms with Crippen LogP contribution in [-0.4, -0.2) is 43.5 Å². The Bertz CT molecular complexity index is 210. The number of amides is 1. The largest absolute Gasteiger partial charge is 0.358 e. The fourth-order valence-electron chi connectivity index (χ4n) is 0.997. The molecule has 0 heterocycles. The highest BCUT2D eigenvalue weighted by molar-refractivity contribution is 5.77. The molecule has 0 unspecified atom stereocenters. The molecule has 0 saturated carbocycles. The van der Waals surface area contributed by atoms with Crippen LogP contribution >= 0.6 is 0 Å². The van der Waals surface area contributed by atoms with Gasteiger partial charge in [-0.2, -0.15) is 0 Å². The third-order valence-corrected chi connectivity index (χ3v) is 1.90. The molecule has 0 radical (unpaired) electrons. The smallest absolute Gasteiger partial charge is 0.327 e. The maximum Gasteiger partial charge on any atom is 0.327 e. The number of hydrogen-bond acceptors (Lipinski definition) is 6. The van der Waals surface area contributed by atoms with Crippen LogP contribution in [0.25, 0.3) is 0 Å². The molecule has 0 fully saturated rings. The van der Waals surface area contributed by atoms with Crippen molar-refractivity contribution in [1.29, 1.82) is 0 Å². The zero-order valence-electron chi connectivity index (χ0n) is 9.08. The molecule has 0 rings (SSSR count). The van der Waals surface area contributed by atoms with Gasteiger partial charge in [0, 0.05) is 13.6 Å². The van der Waals surface area contributed by atoms with Gasteiger partial charge in [-0.05, 0) is 6.54 Å². The van der Waals surface area contributed by atoms with Crippen molar-refractivity contribution in [2.75, 3.05) is 26.7 Å². The highest BCUT2D eigenvalue weighted by Gasteiger charge is 2.10. The van der Waals surface area contributed by atoms with E-state index in [0.717, 1.165) is 0 Å². The first-order valence-electron chi connectivity index (χ1n) is 4.72. The number of nitrogens with zero attached hydrogens (tertiary/aromatic N) is 1. The Morgan fingerprint density at radius 2 is 2.13 bits per heavy atom. The Kier molecular flexibility index (Phi) is 7.51. The number of hydrogen-bond donors (Lipinski definition) is 3. The Morgan fingerprint density at radius 1 is 1.47 bits per heavy atom.